The minimum atomic E-state index is -1.31. The highest BCUT2D eigenvalue weighted by atomic mass is 19.2. The average Bonchev–Trinajstić information content (AvgIpc) is 2.18. The maximum atomic E-state index is 13.1. The summed E-state index contributed by atoms with van der Waals surface area (Å²) in [5, 5.41) is 8.82. The first kappa shape index (κ1) is 11.2. The van der Waals surface area contributed by atoms with E-state index in [1.54, 1.807) is 0 Å². The molecular formula is C10H9F2NO2. The van der Waals surface area contributed by atoms with Crippen LogP contribution < -0.4 is 5.73 Å². The lowest BCUT2D eigenvalue weighted by Gasteiger charge is -2.00. The number of amides is 1. The van der Waals surface area contributed by atoms with Crippen molar-refractivity contribution in [3.63, 3.8) is 0 Å². The van der Waals surface area contributed by atoms with Gasteiger partial charge in [-0.15, -0.1) is 0 Å². The van der Waals surface area contributed by atoms with Gasteiger partial charge in [0.15, 0.2) is 11.6 Å². The lowest BCUT2D eigenvalue weighted by atomic mass is 10.1. The molecule has 5 heteroatoms. The van der Waals surface area contributed by atoms with Gasteiger partial charge in [-0.2, -0.15) is 4.39 Å². The van der Waals surface area contributed by atoms with Crippen molar-refractivity contribution in [2.45, 2.75) is 6.42 Å². The zero-order valence-electron chi connectivity index (χ0n) is 7.71. The summed E-state index contributed by atoms with van der Waals surface area (Å²) < 4.78 is 25.9. The zero-order chi connectivity index (χ0) is 11.4. The molecule has 0 aliphatic rings. The summed E-state index contributed by atoms with van der Waals surface area (Å²) in [6.07, 6.45) is 2.49. The molecule has 0 atom stereocenters. The van der Waals surface area contributed by atoms with Gasteiger partial charge in [-0.1, -0.05) is 12.2 Å². The topological polar surface area (TPSA) is 63.3 Å². The quantitative estimate of drug-likeness (QED) is 0.800. The lowest BCUT2D eigenvalue weighted by Crippen LogP contribution is -2.07. The van der Waals surface area contributed by atoms with Gasteiger partial charge in [0.25, 0.3) is 0 Å². The molecule has 3 nitrogen and oxygen atoms in total. The number of phenolic OH excluding ortho intramolecular Hbond substituents is 1. The fraction of sp³-hybridized carbons (Fsp3) is 0.100. The van der Waals surface area contributed by atoms with Gasteiger partial charge in [0.2, 0.25) is 11.7 Å². The summed E-state index contributed by atoms with van der Waals surface area (Å²) in [5.41, 5.74) is 4.80. The van der Waals surface area contributed by atoms with E-state index in [2.05, 4.69) is 0 Å². The Bertz CT molecular complexity index is 416. The summed E-state index contributed by atoms with van der Waals surface area (Å²) in [4.78, 5) is 10.4. The van der Waals surface area contributed by atoms with E-state index in [-0.39, 0.29) is 12.0 Å². The van der Waals surface area contributed by atoms with Crippen molar-refractivity contribution in [2.75, 3.05) is 0 Å². The number of halogens is 2. The molecule has 0 bridgehead atoms. The molecule has 0 radical (unpaired) electrons. The second-order valence-corrected chi connectivity index (χ2v) is 2.87. The highest BCUT2D eigenvalue weighted by Crippen LogP contribution is 2.21. The Morgan fingerprint density at radius 3 is 2.67 bits per heavy atom. The summed E-state index contributed by atoms with van der Waals surface area (Å²) in [7, 11) is 0. The van der Waals surface area contributed by atoms with E-state index >= 15 is 0 Å². The zero-order valence-corrected chi connectivity index (χ0v) is 7.71. The second kappa shape index (κ2) is 4.54. The van der Waals surface area contributed by atoms with Crippen molar-refractivity contribution in [2.24, 2.45) is 5.73 Å². The van der Waals surface area contributed by atoms with Crippen LogP contribution in [0.5, 0.6) is 5.75 Å². The highest BCUT2D eigenvalue weighted by Gasteiger charge is 2.10. The third-order valence-electron chi connectivity index (χ3n) is 1.71. The van der Waals surface area contributed by atoms with Gasteiger partial charge in [-0.3, -0.25) is 4.79 Å². The molecule has 0 aliphatic heterocycles. The molecule has 0 heterocycles. The number of carbonyl (C=O) groups excluding carboxylic acids is 1. The van der Waals surface area contributed by atoms with Gasteiger partial charge in [-0.25, -0.2) is 4.39 Å². The Balaban J connectivity index is 2.92. The molecule has 80 valence electrons. The van der Waals surface area contributed by atoms with Gasteiger partial charge < -0.3 is 10.8 Å². The first-order chi connectivity index (χ1) is 7.02. The molecule has 1 amide bonds. The predicted octanol–water partition coefficient (Wildman–Crippen LogP) is 1.56. The van der Waals surface area contributed by atoms with Gasteiger partial charge in [0, 0.05) is 12.0 Å². The van der Waals surface area contributed by atoms with E-state index in [0.29, 0.717) is 0 Å². The Kier molecular flexibility index (Phi) is 3.38. The van der Waals surface area contributed by atoms with Crippen molar-refractivity contribution in [1.29, 1.82) is 0 Å². The standard InChI is InChI=1S/C10H9F2NO2/c11-9-6(2-1-3-8(13)15)4-5-7(14)10(9)12/h1-2,4-5,14H,3H2,(H2,13,15). The van der Waals surface area contributed by atoms with Crippen LogP contribution in [0.25, 0.3) is 6.08 Å². The van der Waals surface area contributed by atoms with Crippen LogP contribution in [0.1, 0.15) is 12.0 Å². The van der Waals surface area contributed by atoms with E-state index in [9.17, 15) is 13.6 Å². The summed E-state index contributed by atoms with van der Waals surface area (Å²) in [6, 6.07) is 2.23. The molecule has 0 fully saturated rings. The highest BCUT2D eigenvalue weighted by molar-refractivity contribution is 5.76. The molecule has 0 spiro atoms. The number of nitrogens with two attached hydrogens (primary N) is 1. The van der Waals surface area contributed by atoms with E-state index in [4.69, 9.17) is 10.8 Å². The minimum absolute atomic E-state index is 0.0495. The minimum Gasteiger partial charge on any atom is -0.505 e. The molecule has 0 aromatic heterocycles. The molecule has 1 aromatic rings. The number of carbonyl (C=O) groups is 1. The van der Waals surface area contributed by atoms with Gasteiger partial charge in [0.1, 0.15) is 0 Å². The van der Waals surface area contributed by atoms with Gasteiger partial charge in [0.05, 0.1) is 0 Å². The van der Waals surface area contributed by atoms with Crippen molar-refractivity contribution in [3.05, 3.63) is 35.4 Å². The van der Waals surface area contributed by atoms with Crippen LogP contribution >= 0.6 is 0 Å². The second-order valence-electron chi connectivity index (χ2n) is 2.87. The molecule has 15 heavy (non-hydrogen) atoms. The van der Waals surface area contributed by atoms with Crippen molar-refractivity contribution in [1.82, 2.24) is 0 Å². The van der Waals surface area contributed by atoms with Crippen molar-refractivity contribution < 1.29 is 18.7 Å². The Hall–Kier alpha value is -1.91. The Morgan fingerprint density at radius 2 is 2.07 bits per heavy atom. The summed E-state index contributed by atoms with van der Waals surface area (Å²) in [5.74, 6) is -3.78. The smallest absolute Gasteiger partial charge is 0.221 e. The third-order valence-corrected chi connectivity index (χ3v) is 1.71. The normalized spacial score (nSPS) is 10.8. The van der Waals surface area contributed by atoms with Crippen LogP contribution in [0.3, 0.4) is 0 Å². The number of rotatable bonds is 3. The number of primary amides is 1. The average molecular weight is 213 g/mol. The first-order valence-corrected chi connectivity index (χ1v) is 4.14. The molecule has 0 unspecified atom stereocenters. The SMILES string of the molecule is NC(=O)CC=Cc1ccc(O)c(F)c1F. The van der Waals surface area contributed by atoms with E-state index in [1.807, 2.05) is 0 Å². The largest absolute Gasteiger partial charge is 0.505 e. The van der Waals surface area contributed by atoms with Crippen LogP contribution in [0.2, 0.25) is 0 Å². The maximum absolute atomic E-state index is 13.1. The Morgan fingerprint density at radius 1 is 1.40 bits per heavy atom. The first-order valence-electron chi connectivity index (χ1n) is 4.14. The van der Waals surface area contributed by atoms with Crippen LogP contribution in [-0.2, 0) is 4.79 Å². The summed E-state index contributed by atoms with van der Waals surface area (Å²) >= 11 is 0. The molecule has 3 N–H and O–H groups in total. The fourth-order valence-electron chi connectivity index (χ4n) is 0.985. The molecule has 1 aromatic carbocycles. The third kappa shape index (κ3) is 2.77. The van der Waals surface area contributed by atoms with Gasteiger partial charge >= 0.3 is 0 Å². The Labute approximate surface area is 84.8 Å². The van der Waals surface area contributed by atoms with Crippen LogP contribution in [0.15, 0.2) is 18.2 Å². The number of benzene rings is 1. The number of aromatic hydroxyl groups is 1. The fourth-order valence-corrected chi connectivity index (χ4v) is 0.985. The number of phenols is 1. The maximum Gasteiger partial charge on any atom is 0.221 e. The number of hydrogen-bond acceptors (Lipinski definition) is 2. The van der Waals surface area contributed by atoms with Crippen LogP contribution in [0, 0.1) is 11.6 Å². The van der Waals surface area contributed by atoms with Crippen LogP contribution in [0.4, 0.5) is 8.78 Å². The van der Waals surface area contributed by atoms with E-state index in [0.717, 1.165) is 6.07 Å². The predicted molar refractivity (Wildman–Crippen MR) is 50.9 cm³/mol. The van der Waals surface area contributed by atoms with Crippen molar-refractivity contribution >= 4 is 12.0 Å². The molecule has 0 saturated heterocycles. The monoisotopic (exact) mass is 213 g/mol. The van der Waals surface area contributed by atoms with Crippen LogP contribution in [-0.4, -0.2) is 11.0 Å². The molecular weight excluding hydrogens is 204 g/mol. The molecule has 1 rings (SSSR count). The van der Waals surface area contributed by atoms with E-state index < -0.39 is 23.3 Å². The lowest BCUT2D eigenvalue weighted by molar-refractivity contribution is -0.117. The molecule has 0 saturated carbocycles. The van der Waals surface area contributed by atoms with E-state index in [1.165, 1.54) is 18.2 Å². The van der Waals surface area contributed by atoms with Crippen molar-refractivity contribution in [3.8, 4) is 5.75 Å². The molecule has 0 aliphatic carbocycles. The summed E-state index contributed by atoms with van der Waals surface area (Å²) in [6.45, 7) is 0. The number of hydrogen-bond donors (Lipinski definition) is 2. The van der Waals surface area contributed by atoms with Gasteiger partial charge in [-0.05, 0) is 12.1 Å².